The number of ether oxygens (including phenoxy) is 1. The normalized spacial score (nSPS) is 18.1. The molecule has 0 spiro atoms. The van der Waals surface area contributed by atoms with Crippen molar-refractivity contribution < 1.29 is 14.3 Å². The van der Waals surface area contributed by atoms with E-state index in [2.05, 4.69) is 15.4 Å². The third kappa shape index (κ3) is 4.28. The number of H-pyrrole nitrogens is 1. The first-order valence-corrected chi connectivity index (χ1v) is 10.1. The molecular weight excluding hydrogens is 374 g/mol. The summed E-state index contributed by atoms with van der Waals surface area (Å²) in [5, 5.41) is 7.30. The van der Waals surface area contributed by atoms with Gasteiger partial charge in [-0.05, 0) is 46.5 Å². The number of aromatic nitrogens is 3. The minimum Gasteiger partial charge on any atom is -0.444 e. The van der Waals surface area contributed by atoms with E-state index >= 15 is 0 Å². The van der Waals surface area contributed by atoms with Gasteiger partial charge in [-0.3, -0.25) is 9.59 Å². The van der Waals surface area contributed by atoms with Crippen LogP contribution in [0, 0.1) is 0 Å². The molecular formula is C20H27N5O4. The number of nitrogens with one attached hydrogen (secondary N) is 2. The molecule has 29 heavy (non-hydrogen) atoms. The summed E-state index contributed by atoms with van der Waals surface area (Å²) in [6, 6.07) is 1.76. The molecule has 9 heteroatoms. The van der Waals surface area contributed by atoms with Gasteiger partial charge in [0.25, 0.3) is 11.5 Å². The van der Waals surface area contributed by atoms with Gasteiger partial charge in [-0.2, -0.15) is 5.10 Å². The molecule has 9 nitrogen and oxygen atoms in total. The Morgan fingerprint density at radius 1 is 1.21 bits per heavy atom. The van der Waals surface area contributed by atoms with E-state index in [0.717, 1.165) is 18.5 Å². The van der Waals surface area contributed by atoms with Gasteiger partial charge in [0.05, 0.1) is 11.9 Å². The van der Waals surface area contributed by atoms with Crippen molar-refractivity contribution in [3.8, 4) is 0 Å². The summed E-state index contributed by atoms with van der Waals surface area (Å²) < 4.78 is 7.09. The van der Waals surface area contributed by atoms with Crippen molar-refractivity contribution in [1.82, 2.24) is 24.8 Å². The van der Waals surface area contributed by atoms with E-state index in [0.29, 0.717) is 37.1 Å². The topological polar surface area (TPSA) is 109 Å². The molecule has 0 atom stereocenters. The monoisotopic (exact) mass is 401 g/mol. The van der Waals surface area contributed by atoms with Crippen LogP contribution >= 0.6 is 0 Å². The smallest absolute Gasteiger partial charge is 0.410 e. The molecule has 1 aliphatic carbocycles. The third-order valence-electron chi connectivity index (χ3n) is 5.26. The Labute approximate surface area is 168 Å². The van der Waals surface area contributed by atoms with Gasteiger partial charge < -0.3 is 19.9 Å². The summed E-state index contributed by atoms with van der Waals surface area (Å²) in [6.45, 7) is 6.63. The molecule has 0 unspecified atom stereocenters. The number of aromatic amines is 1. The minimum absolute atomic E-state index is 0.0673. The molecule has 1 saturated heterocycles. The summed E-state index contributed by atoms with van der Waals surface area (Å²) >= 11 is 0. The van der Waals surface area contributed by atoms with Gasteiger partial charge in [0.15, 0.2) is 0 Å². The van der Waals surface area contributed by atoms with Crippen LogP contribution < -0.4 is 10.9 Å². The number of carbonyl (C=O) groups excluding carboxylic acids is 2. The van der Waals surface area contributed by atoms with Gasteiger partial charge in [-0.15, -0.1) is 0 Å². The first-order valence-electron chi connectivity index (χ1n) is 10.1. The largest absolute Gasteiger partial charge is 0.444 e. The van der Waals surface area contributed by atoms with Crippen molar-refractivity contribution in [1.29, 1.82) is 0 Å². The molecule has 2 aromatic rings. The van der Waals surface area contributed by atoms with Crippen molar-refractivity contribution >= 4 is 17.6 Å². The highest BCUT2D eigenvalue weighted by Gasteiger charge is 2.30. The highest BCUT2D eigenvalue weighted by Crippen LogP contribution is 2.29. The molecule has 2 aromatic heterocycles. The Hall–Kier alpha value is -2.84. The van der Waals surface area contributed by atoms with Gasteiger partial charge in [0.2, 0.25) is 0 Å². The number of hydrogen-bond donors (Lipinski definition) is 2. The highest BCUT2D eigenvalue weighted by molar-refractivity contribution is 5.99. The van der Waals surface area contributed by atoms with Crippen LogP contribution in [0.3, 0.4) is 0 Å². The summed E-state index contributed by atoms with van der Waals surface area (Å²) in [5.74, 6) is -0.146. The molecule has 2 amide bonds. The van der Waals surface area contributed by atoms with Crippen LogP contribution in [0.2, 0.25) is 0 Å². The molecule has 4 rings (SSSR count). The summed E-state index contributed by atoms with van der Waals surface area (Å²) in [5.41, 5.74) is 0.766. The average Bonchev–Trinajstić information content (AvgIpc) is 3.35. The SMILES string of the molecule is CC(C)(C)OC(=O)N1CCC(c2cc(=O)[nH]c3c(C(=O)NC4CC4)cnn23)CC1. The van der Waals surface area contributed by atoms with E-state index in [1.165, 1.54) is 12.3 Å². The molecule has 0 radical (unpaired) electrons. The number of hydrogen-bond acceptors (Lipinski definition) is 5. The van der Waals surface area contributed by atoms with Gasteiger partial charge in [-0.1, -0.05) is 0 Å². The van der Waals surface area contributed by atoms with E-state index in [1.807, 2.05) is 20.8 Å². The van der Waals surface area contributed by atoms with Crippen LogP contribution in [0.15, 0.2) is 17.1 Å². The number of nitrogens with zero attached hydrogens (tertiary/aromatic N) is 3. The van der Waals surface area contributed by atoms with E-state index in [-0.39, 0.29) is 29.5 Å². The Kier molecular flexibility index (Phi) is 4.84. The number of fused-ring (bicyclic) bond motifs is 1. The standard InChI is InChI=1S/C20H27N5O4/c1-20(2,3)29-19(28)24-8-6-12(7-9-24)15-10-16(26)23-17-14(11-21-25(15)17)18(27)22-13-4-5-13/h10-13H,4-9H2,1-3H3,(H,22,27)(H,23,26). The number of likely N-dealkylation sites (tertiary alicyclic amines) is 1. The molecule has 2 N–H and O–H groups in total. The van der Waals surface area contributed by atoms with Crippen molar-refractivity contribution in [3.63, 3.8) is 0 Å². The lowest BCUT2D eigenvalue weighted by atomic mass is 9.93. The molecule has 1 saturated carbocycles. The maximum Gasteiger partial charge on any atom is 0.410 e. The molecule has 3 heterocycles. The second kappa shape index (κ2) is 7.20. The summed E-state index contributed by atoms with van der Waals surface area (Å²) in [4.78, 5) is 41.5. The predicted molar refractivity (Wildman–Crippen MR) is 106 cm³/mol. The quantitative estimate of drug-likeness (QED) is 0.818. The third-order valence-corrected chi connectivity index (χ3v) is 5.26. The number of amides is 2. The van der Waals surface area contributed by atoms with Gasteiger partial charge >= 0.3 is 6.09 Å². The van der Waals surface area contributed by atoms with Crippen LogP contribution in [0.4, 0.5) is 4.79 Å². The molecule has 0 aromatic carbocycles. The van der Waals surface area contributed by atoms with Crippen molar-refractivity contribution in [2.45, 2.75) is 64.0 Å². The Bertz CT molecular complexity index is 990. The van der Waals surface area contributed by atoms with Gasteiger partial charge in [0, 0.05) is 31.1 Å². The molecule has 156 valence electrons. The van der Waals surface area contributed by atoms with E-state index in [1.54, 1.807) is 9.42 Å². The molecule has 2 fully saturated rings. The van der Waals surface area contributed by atoms with Crippen molar-refractivity contribution in [2.24, 2.45) is 0 Å². The molecule has 1 aliphatic heterocycles. The Morgan fingerprint density at radius 2 is 1.90 bits per heavy atom. The van der Waals surface area contributed by atoms with Crippen LogP contribution in [-0.4, -0.2) is 56.2 Å². The maximum absolute atomic E-state index is 12.5. The Balaban J connectivity index is 1.53. The highest BCUT2D eigenvalue weighted by atomic mass is 16.6. The van der Waals surface area contributed by atoms with E-state index < -0.39 is 5.60 Å². The summed E-state index contributed by atoms with van der Waals surface area (Å²) in [6.07, 6.45) is 4.56. The van der Waals surface area contributed by atoms with Crippen LogP contribution in [0.5, 0.6) is 0 Å². The number of piperidine rings is 1. The lowest BCUT2D eigenvalue weighted by Gasteiger charge is -2.33. The zero-order valence-electron chi connectivity index (χ0n) is 17.0. The van der Waals surface area contributed by atoms with Crippen LogP contribution in [0.1, 0.15) is 68.4 Å². The number of rotatable bonds is 3. The van der Waals surface area contributed by atoms with Gasteiger partial charge in [0.1, 0.15) is 16.8 Å². The van der Waals surface area contributed by atoms with Crippen molar-refractivity contribution in [3.05, 3.63) is 33.9 Å². The molecule has 2 aliphatic rings. The average molecular weight is 401 g/mol. The Morgan fingerprint density at radius 3 is 2.52 bits per heavy atom. The zero-order valence-corrected chi connectivity index (χ0v) is 17.0. The second-order valence-electron chi connectivity index (χ2n) is 8.87. The van der Waals surface area contributed by atoms with Gasteiger partial charge in [-0.25, -0.2) is 9.31 Å². The lowest BCUT2D eigenvalue weighted by Crippen LogP contribution is -2.41. The van der Waals surface area contributed by atoms with Crippen molar-refractivity contribution in [2.75, 3.05) is 13.1 Å². The first-order chi connectivity index (χ1) is 13.7. The minimum atomic E-state index is -0.528. The van der Waals surface area contributed by atoms with Crippen LogP contribution in [0.25, 0.3) is 5.65 Å². The molecule has 0 bridgehead atoms. The fourth-order valence-electron chi connectivity index (χ4n) is 3.64. The second-order valence-corrected chi connectivity index (χ2v) is 8.87. The first kappa shape index (κ1) is 19.5. The maximum atomic E-state index is 12.5. The number of carbonyl (C=O) groups is 2. The van der Waals surface area contributed by atoms with Crippen LogP contribution in [-0.2, 0) is 4.74 Å². The fourth-order valence-corrected chi connectivity index (χ4v) is 3.64. The lowest BCUT2D eigenvalue weighted by molar-refractivity contribution is 0.0203. The van der Waals surface area contributed by atoms with E-state index in [4.69, 9.17) is 4.74 Å². The van der Waals surface area contributed by atoms with E-state index in [9.17, 15) is 14.4 Å². The fraction of sp³-hybridized carbons (Fsp3) is 0.600. The summed E-state index contributed by atoms with van der Waals surface area (Å²) in [7, 11) is 0. The zero-order chi connectivity index (χ0) is 20.8. The predicted octanol–water partition coefficient (Wildman–Crippen LogP) is 2.03.